The molecule has 0 amide bonds. The van der Waals surface area contributed by atoms with Crippen molar-refractivity contribution in [2.45, 2.75) is 31.7 Å². The van der Waals surface area contributed by atoms with Crippen molar-refractivity contribution < 1.29 is 0 Å². The Balaban J connectivity index is 2.69. The van der Waals surface area contributed by atoms with Crippen molar-refractivity contribution in [3.63, 3.8) is 0 Å². The van der Waals surface area contributed by atoms with E-state index in [9.17, 15) is 0 Å². The first-order valence-electron chi connectivity index (χ1n) is 4.82. The highest BCUT2D eigenvalue weighted by atomic mass is 28.1. The predicted octanol–water partition coefficient (Wildman–Crippen LogP) is -0.121. The van der Waals surface area contributed by atoms with Crippen LogP contribution in [0.1, 0.15) is 25.7 Å². The maximum atomic E-state index is 5.38. The van der Waals surface area contributed by atoms with Crippen LogP contribution >= 0.6 is 0 Å². The molecule has 0 aromatic heterocycles. The zero-order chi connectivity index (χ0) is 8.36. The van der Waals surface area contributed by atoms with Crippen LogP contribution in [-0.4, -0.2) is 29.9 Å². The van der Waals surface area contributed by atoms with Crippen LogP contribution in [-0.2, 0) is 0 Å². The van der Waals surface area contributed by atoms with E-state index in [-0.39, 0.29) is 0 Å². The van der Waals surface area contributed by atoms with E-state index in [2.05, 4.69) is 5.32 Å². The summed E-state index contributed by atoms with van der Waals surface area (Å²) in [6.07, 6.45) is 5.16. The number of rotatable bonds is 8. The molecule has 0 rings (SSSR count). The molecule has 0 unspecified atom stereocenters. The van der Waals surface area contributed by atoms with Gasteiger partial charge in [-0.1, -0.05) is 18.9 Å². The monoisotopic (exact) mass is 174 g/mol. The first kappa shape index (κ1) is 11.1. The summed E-state index contributed by atoms with van der Waals surface area (Å²) in [6.45, 7) is 3.28. The first-order valence-corrected chi connectivity index (χ1v) is 6.24. The molecule has 0 bridgehead atoms. The third kappa shape index (κ3) is 10.1. The van der Waals surface area contributed by atoms with E-state index in [1.165, 1.54) is 55.1 Å². The van der Waals surface area contributed by atoms with E-state index in [1.807, 2.05) is 0 Å². The Morgan fingerprint density at radius 2 is 1.73 bits per heavy atom. The van der Waals surface area contributed by atoms with E-state index >= 15 is 0 Å². The third-order valence-electron chi connectivity index (χ3n) is 1.73. The maximum absolute atomic E-state index is 5.38. The minimum atomic E-state index is 0.855. The molecule has 68 valence electrons. The van der Waals surface area contributed by atoms with Gasteiger partial charge >= 0.3 is 0 Å². The maximum Gasteiger partial charge on any atom is 0.00440 e. The van der Waals surface area contributed by atoms with Crippen LogP contribution in [0.15, 0.2) is 0 Å². The van der Waals surface area contributed by atoms with Gasteiger partial charge in [0.15, 0.2) is 0 Å². The minimum absolute atomic E-state index is 0.855. The fraction of sp³-hybridized carbons (Fsp3) is 1.00. The van der Waals surface area contributed by atoms with Crippen molar-refractivity contribution in [3.8, 4) is 0 Å². The quantitative estimate of drug-likeness (QED) is 0.398. The summed E-state index contributed by atoms with van der Waals surface area (Å²) in [6, 6.07) is 1.38. The smallest absolute Gasteiger partial charge is 0.00440 e. The lowest BCUT2D eigenvalue weighted by Gasteiger charge is -2.01. The van der Waals surface area contributed by atoms with Crippen molar-refractivity contribution in [3.05, 3.63) is 0 Å². The Morgan fingerprint density at radius 1 is 1.00 bits per heavy atom. The van der Waals surface area contributed by atoms with Gasteiger partial charge in [0.05, 0.1) is 0 Å². The molecule has 3 heteroatoms. The summed E-state index contributed by atoms with van der Waals surface area (Å²) in [7, 11) is 1.33. The molecule has 2 nitrogen and oxygen atoms in total. The standard InChI is InChI=1S/C8H22N2Si/c9-5-3-1-2-4-6-10-7-8-11/h10H,1-9H2,11H3. The van der Waals surface area contributed by atoms with Crippen molar-refractivity contribution in [2.24, 2.45) is 5.73 Å². The van der Waals surface area contributed by atoms with Gasteiger partial charge in [0, 0.05) is 10.2 Å². The van der Waals surface area contributed by atoms with Gasteiger partial charge in [-0.05, 0) is 32.5 Å². The number of nitrogens with two attached hydrogens (primary N) is 1. The van der Waals surface area contributed by atoms with Crippen LogP contribution in [0.5, 0.6) is 0 Å². The molecule has 0 aliphatic rings. The molecule has 0 radical (unpaired) electrons. The fourth-order valence-corrected chi connectivity index (χ4v) is 1.40. The third-order valence-corrected chi connectivity index (χ3v) is 2.23. The molecule has 3 N–H and O–H groups in total. The zero-order valence-corrected chi connectivity index (χ0v) is 9.73. The molecule has 0 saturated heterocycles. The van der Waals surface area contributed by atoms with E-state index in [1.54, 1.807) is 0 Å². The predicted molar refractivity (Wildman–Crippen MR) is 55.1 cm³/mol. The zero-order valence-electron chi connectivity index (χ0n) is 7.73. The second-order valence-electron chi connectivity index (χ2n) is 2.95. The second-order valence-corrected chi connectivity index (χ2v) is 3.95. The number of hydrogen-bond donors (Lipinski definition) is 2. The van der Waals surface area contributed by atoms with E-state index in [4.69, 9.17) is 5.73 Å². The summed E-state index contributed by atoms with van der Waals surface area (Å²) in [5.41, 5.74) is 5.38. The van der Waals surface area contributed by atoms with Crippen molar-refractivity contribution in [1.82, 2.24) is 5.32 Å². The molecule has 0 aliphatic carbocycles. The van der Waals surface area contributed by atoms with Gasteiger partial charge in [-0.2, -0.15) is 0 Å². The molecule has 0 spiro atoms. The number of hydrogen-bond acceptors (Lipinski definition) is 2. The largest absolute Gasteiger partial charge is 0.330 e. The highest BCUT2D eigenvalue weighted by Crippen LogP contribution is 1.96. The van der Waals surface area contributed by atoms with E-state index in [0.717, 1.165) is 6.54 Å². The van der Waals surface area contributed by atoms with Crippen LogP contribution in [0.25, 0.3) is 0 Å². The summed E-state index contributed by atoms with van der Waals surface area (Å²) in [5.74, 6) is 0. The van der Waals surface area contributed by atoms with Crippen molar-refractivity contribution >= 4 is 10.2 Å². The van der Waals surface area contributed by atoms with Gasteiger partial charge in [0.2, 0.25) is 0 Å². The normalized spacial score (nSPS) is 10.6. The van der Waals surface area contributed by atoms with Crippen molar-refractivity contribution in [2.75, 3.05) is 19.6 Å². The van der Waals surface area contributed by atoms with Crippen LogP contribution in [0.4, 0.5) is 0 Å². The fourth-order valence-electron chi connectivity index (χ4n) is 1.05. The van der Waals surface area contributed by atoms with Crippen LogP contribution in [0.3, 0.4) is 0 Å². The Hall–Kier alpha value is 0.137. The molecule has 11 heavy (non-hydrogen) atoms. The Bertz CT molecular complexity index is 61.1. The molecule has 0 heterocycles. The lowest BCUT2D eigenvalue weighted by molar-refractivity contribution is 0.601. The number of nitrogens with one attached hydrogen (secondary N) is 1. The topological polar surface area (TPSA) is 38.0 Å². The Morgan fingerprint density at radius 3 is 2.36 bits per heavy atom. The highest BCUT2D eigenvalue weighted by Gasteiger charge is 1.87. The van der Waals surface area contributed by atoms with Crippen molar-refractivity contribution in [1.29, 1.82) is 0 Å². The molecule has 0 aromatic rings. The lowest BCUT2D eigenvalue weighted by Crippen LogP contribution is -2.16. The molecule has 0 fully saturated rings. The molecular formula is C8H22N2Si. The second kappa shape index (κ2) is 10.1. The van der Waals surface area contributed by atoms with Gasteiger partial charge in [-0.15, -0.1) is 0 Å². The Labute approximate surface area is 73.4 Å². The summed E-state index contributed by atoms with van der Waals surface area (Å²) < 4.78 is 0. The molecule has 0 saturated carbocycles. The molecule has 0 aromatic carbocycles. The summed E-state index contributed by atoms with van der Waals surface area (Å²) >= 11 is 0. The minimum Gasteiger partial charge on any atom is -0.330 e. The van der Waals surface area contributed by atoms with Gasteiger partial charge in [-0.25, -0.2) is 0 Å². The molecule has 0 atom stereocenters. The average molecular weight is 174 g/mol. The lowest BCUT2D eigenvalue weighted by atomic mass is 10.2. The number of unbranched alkanes of at least 4 members (excludes halogenated alkanes) is 3. The van der Waals surface area contributed by atoms with Gasteiger partial charge in [0.25, 0.3) is 0 Å². The van der Waals surface area contributed by atoms with Crippen LogP contribution in [0, 0.1) is 0 Å². The Kier molecular flexibility index (Phi) is 10.3. The van der Waals surface area contributed by atoms with Gasteiger partial charge < -0.3 is 11.1 Å². The summed E-state index contributed by atoms with van der Waals surface area (Å²) in [4.78, 5) is 0. The van der Waals surface area contributed by atoms with Gasteiger partial charge in [-0.3, -0.25) is 0 Å². The van der Waals surface area contributed by atoms with Crippen LogP contribution in [0.2, 0.25) is 6.04 Å². The van der Waals surface area contributed by atoms with Gasteiger partial charge in [0.1, 0.15) is 0 Å². The average Bonchev–Trinajstić information content (AvgIpc) is 2.03. The van der Waals surface area contributed by atoms with E-state index in [0.29, 0.717) is 0 Å². The van der Waals surface area contributed by atoms with E-state index < -0.39 is 0 Å². The molecule has 0 aliphatic heterocycles. The summed E-state index contributed by atoms with van der Waals surface area (Å²) in [5, 5.41) is 3.42. The SMILES string of the molecule is NCCCCCCNCC[SiH3]. The first-order chi connectivity index (χ1) is 5.41. The van der Waals surface area contributed by atoms with Crippen LogP contribution < -0.4 is 11.1 Å². The highest BCUT2D eigenvalue weighted by molar-refractivity contribution is 6.08. The molecular weight excluding hydrogens is 152 g/mol.